The Hall–Kier alpha value is -0.750. The van der Waals surface area contributed by atoms with Crippen molar-refractivity contribution in [2.75, 3.05) is 5.75 Å². The van der Waals surface area contributed by atoms with E-state index in [9.17, 15) is 4.79 Å². The number of nitrogens with one attached hydrogen (secondary N) is 1. The Morgan fingerprint density at radius 3 is 2.81 bits per heavy atom. The second kappa shape index (κ2) is 6.16. The Kier molecular flexibility index (Phi) is 4.45. The van der Waals surface area contributed by atoms with Crippen LogP contribution in [0.1, 0.15) is 50.9 Å². The molecule has 3 rings (SSSR count). The van der Waals surface area contributed by atoms with Crippen LogP contribution in [0.2, 0.25) is 0 Å². The van der Waals surface area contributed by atoms with Gasteiger partial charge < -0.3 is 5.32 Å². The zero-order chi connectivity index (χ0) is 15.0. The third-order valence-electron chi connectivity index (χ3n) is 3.98. The van der Waals surface area contributed by atoms with E-state index in [-0.39, 0.29) is 5.91 Å². The number of aryl methyl sites for hydroxylation is 1. The third kappa shape index (κ3) is 3.37. The lowest BCUT2D eigenvalue weighted by Crippen LogP contribution is -2.27. The zero-order valence-corrected chi connectivity index (χ0v) is 14.3. The second-order valence-electron chi connectivity index (χ2n) is 5.76. The number of hydrogen-bond donors (Lipinski definition) is 1. The quantitative estimate of drug-likeness (QED) is 0.667. The van der Waals surface area contributed by atoms with Gasteiger partial charge in [-0.25, -0.2) is 9.97 Å². The number of carbonyl (C=O) groups is 1. The van der Waals surface area contributed by atoms with Gasteiger partial charge in [-0.3, -0.25) is 4.79 Å². The molecule has 6 heteroatoms. The molecule has 1 aromatic rings. The number of carbonyl (C=O) groups excluding carboxylic acids is 1. The zero-order valence-electron chi connectivity index (χ0n) is 12.7. The first-order valence-electron chi connectivity index (χ1n) is 7.58. The molecule has 2 aliphatic rings. The summed E-state index contributed by atoms with van der Waals surface area (Å²) in [6, 6.07) is 0.426. The summed E-state index contributed by atoms with van der Waals surface area (Å²) >= 11 is 3.40. The molecule has 1 saturated carbocycles. The van der Waals surface area contributed by atoms with E-state index in [2.05, 4.69) is 36.1 Å². The average molecular weight is 323 g/mol. The molecule has 0 aromatic carbocycles. The summed E-state index contributed by atoms with van der Waals surface area (Å²) in [5.41, 5.74) is 1.24. The summed E-state index contributed by atoms with van der Waals surface area (Å²) in [5.74, 6) is 1.91. The average Bonchev–Trinajstić information content (AvgIpc) is 3.22. The molecule has 1 fully saturated rings. The molecule has 0 saturated heterocycles. The molecule has 1 aromatic heterocycles. The van der Waals surface area contributed by atoms with Crippen molar-refractivity contribution < 1.29 is 4.79 Å². The molecular weight excluding hydrogens is 302 g/mol. The fourth-order valence-electron chi connectivity index (χ4n) is 2.36. The predicted octanol–water partition coefficient (Wildman–Crippen LogP) is 3.01. The van der Waals surface area contributed by atoms with E-state index in [0.717, 1.165) is 35.1 Å². The Labute approximate surface area is 134 Å². The van der Waals surface area contributed by atoms with Crippen LogP contribution in [0.3, 0.4) is 0 Å². The second-order valence-corrected chi connectivity index (χ2v) is 8.09. The standard InChI is InChI=1S/C15H21N3OS2/c1-4-11-17-14(20-7-12(19)16-10-5-6-10)13-8(2)9(3)21-15(13)18-11/h8-10H,4-7H2,1-3H3,(H,16,19)/t8-,9-/m0/s1. The maximum atomic E-state index is 11.9. The van der Waals surface area contributed by atoms with Crippen molar-refractivity contribution in [2.45, 2.75) is 67.3 Å². The minimum atomic E-state index is 0.124. The number of aromatic nitrogens is 2. The Morgan fingerprint density at radius 1 is 1.38 bits per heavy atom. The number of rotatable bonds is 5. The number of fused-ring (bicyclic) bond motifs is 1. The summed E-state index contributed by atoms with van der Waals surface area (Å²) in [7, 11) is 0. The molecule has 0 spiro atoms. The van der Waals surface area contributed by atoms with Crippen LogP contribution in [0.5, 0.6) is 0 Å². The first-order chi connectivity index (χ1) is 10.1. The van der Waals surface area contributed by atoms with Crippen molar-refractivity contribution in [3.63, 3.8) is 0 Å². The monoisotopic (exact) mass is 323 g/mol. The summed E-state index contributed by atoms with van der Waals surface area (Å²) in [6.45, 7) is 6.53. The Morgan fingerprint density at radius 2 is 2.14 bits per heavy atom. The molecule has 1 N–H and O–H groups in total. The molecule has 1 aliphatic carbocycles. The normalized spacial score (nSPS) is 24.0. The fourth-order valence-corrected chi connectivity index (χ4v) is 4.65. The van der Waals surface area contributed by atoms with Gasteiger partial charge in [0, 0.05) is 23.3 Å². The van der Waals surface area contributed by atoms with Crippen LogP contribution in [0.25, 0.3) is 0 Å². The van der Waals surface area contributed by atoms with Gasteiger partial charge in [-0.05, 0) is 18.8 Å². The minimum Gasteiger partial charge on any atom is -0.353 e. The molecule has 2 heterocycles. The van der Waals surface area contributed by atoms with Crippen LogP contribution < -0.4 is 5.32 Å². The SMILES string of the molecule is CCc1nc(SCC(=O)NC2CC2)c2c(n1)S[C@@H](C)[C@@H]2C. The molecule has 1 amide bonds. The molecule has 114 valence electrons. The van der Waals surface area contributed by atoms with E-state index in [4.69, 9.17) is 0 Å². The summed E-state index contributed by atoms with van der Waals surface area (Å²) in [4.78, 5) is 21.2. The smallest absolute Gasteiger partial charge is 0.230 e. The van der Waals surface area contributed by atoms with Gasteiger partial charge in [0.2, 0.25) is 5.91 Å². The van der Waals surface area contributed by atoms with E-state index < -0.39 is 0 Å². The molecule has 1 aliphatic heterocycles. The highest BCUT2D eigenvalue weighted by Crippen LogP contribution is 2.47. The maximum Gasteiger partial charge on any atom is 0.230 e. The summed E-state index contributed by atoms with van der Waals surface area (Å²) in [5, 5.41) is 5.68. The Bertz CT molecular complexity index is 560. The third-order valence-corrected chi connectivity index (χ3v) is 6.28. The van der Waals surface area contributed by atoms with Crippen molar-refractivity contribution in [1.82, 2.24) is 15.3 Å². The molecule has 0 bridgehead atoms. The first-order valence-corrected chi connectivity index (χ1v) is 9.44. The Balaban J connectivity index is 1.76. The van der Waals surface area contributed by atoms with Crippen LogP contribution in [-0.2, 0) is 11.2 Å². The number of thioether (sulfide) groups is 2. The van der Waals surface area contributed by atoms with Crippen LogP contribution in [-0.4, -0.2) is 32.9 Å². The molecule has 0 radical (unpaired) electrons. The lowest BCUT2D eigenvalue weighted by molar-refractivity contribution is -0.118. The van der Waals surface area contributed by atoms with Gasteiger partial charge in [0.05, 0.1) is 5.75 Å². The molecule has 2 atom stereocenters. The summed E-state index contributed by atoms with van der Waals surface area (Å²) < 4.78 is 0. The maximum absolute atomic E-state index is 11.9. The van der Waals surface area contributed by atoms with Crippen LogP contribution >= 0.6 is 23.5 Å². The van der Waals surface area contributed by atoms with Gasteiger partial charge in [-0.1, -0.05) is 32.5 Å². The first kappa shape index (κ1) is 15.2. The van der Waals surface area contributed by atoms with E-state index in [1.54, 1.807) is 11.8 Å². The highest BCUT2D eigenvalue weighted by atomic mass is 32.2. The fraction of sp³-hybridized carbons (Fsp3) is 0.667. The van der Waals surface area contributed by atoms with Crippen molar-refractivity contribution in [1.29, 1.82) is 0 Å². The molecular formula is C15H21N3OS2. The van der Waals surface area contributed by atoms with Crippen LogP contribution in [0.4, 0.5) is 0 Å². The highest BCUT2D eigenvalue weighted by molar-refractivity contribution is 8.01. The number of amides is 1. The predicted molar refractivity (Wildman–Crippen MR) is 87.0 cm³/mol. The van der Waals surface area contributed by atoms with Crippen molar-refractivity contribution in [2.24, 2.45) is 0 Å². The van der Waals surface area contributed by atoms with Gasteiger partial charge in [0.1, 0.15) is 15.9 Å². The van der Waals surface area contributed by atoms with E-state index in [1.165, 1.54) is 5.56 Å². The van der Waals surface area contributed by atoms with Crippen LogP contribution in [0.15, 0.2) is 10.1 Å². The van der Waals surface area contributed by atoms with E-state index in [1.807, 2.05) is 11.8 Å². The van der Waals surface area contributed by atoms with Gasteiger partial charge in [-0.15, -0.1) is 11.8 Å². The van der Waals surface area contributed by atoms with Gasteiger partial charge in [0.25, 0.3) is 0 Å². The van der Waals surface area contributed by atoms with Gasteiger partial charge in [0.15, 0.2) is 0 Å². The van der Waals surface area contributed by atoms with Crippen LogP contribution in [0, 0.1) is 0 Å². The molecule has 4 nitrogen and oxygen atoms in total. The van der Waals surface area contributed by atoms with E-state index >= 15 is 0 Å². The van der Waals surface area contributed by atoms with Crippen molar-refractivity contribution in [3.8, 4) is 0 Å². The van der Waals surface area contributed by atoms with E-state index in [0.29, 0.717) is 23.0 Å². The minimum absolute atomic E-state index is 0.124. The lowest BCUT2D eigenvalue weighted by Gasteiger charge is -2.12. The number of hydrogen-bond acceptors (Lipinski definition) is 5. The largest absolute Gasteiger partial charge is 0.353 e. The van der Waals surface area contributed by atoms with Crippen molar-refractivity contribution >= 4 is 29.4 Å². The summed E-state index contributed by atoms with van der Waals surface area (Å²) in [6.07, 6.45) is 3.09. The molecule has 21 heavy (non-hydrogen) atoms. The van der Waals surface area contributed by atoms with Gasteiger partial charge >= 0.3 is 0 Å². The highest BCUT2D eigenvalue weighted by Gasteiger charge is 2.32. The van der Waals surface area contributed by atoms with Crippen molar-refractivity contribution in [3.05, 3.63) is 11.4 Å². The molecule has 0 unspecified atom stereocenters. The number of nitrogens with zero attached hydrogens (tertiary/aromatic N) is 2. The van der Waals surface area contributed by atoms with Gasteiger partial charge in [-0.2, -0.15) is 0 Å². The lowest BCUT2D eigenvalue weighted by atomic mass is 10.0. The topological polar surface area (TPSA) is 54.9 Å².